The van der Waals surface area contributed by atoms with E-state index in [9.17, 15) is 4.79 Å². The van der Waals surface area contributed by atoms with Gasteiger partial charge in [0, 0.05) is 10.8 Å². The van der Waals surface area contributed by atoms with E-state index in [0.29, 0.717) is 16.6 Å². The van der Waals surface area contributed by atoms with Gasteiger partial charge in [-0.2, -0.15) is 4.52 Å². The number of fused-ring (bicyclic) bond motifs is 8. The van der Waals surface area contributed by atoms with E-state index in [4.69, 9.17) is 4.42 Å². The maximum atomic E-state index is 12.4. The number of benzene rings is 2. The lowest BCUT2D eigenvalue weighted by Gasteiger charge is -2.09. The smallest absolute Gasteiger partial charge is 0.344 e. The Kier molecular flexibility index (Phi) is 2.21. The summed E-state index contributed by atoms with van der Waals surface area (Å²) < 4.78 is 7.36. The van der Waals surface area contributed by atoms with Crippen LogP contribution in [0.15, 0.2) is 51.7 Å². The van der Waals surface area contributed by atoms with Crippen LogP contribution in [0.2, 0.25) is 0 Å². The van der Waals surface area contributed by atoms with Gasteiger partial charge in [0.15, 0.2) is 11.2 Å². The highest BCUT2D eigenvalue weighted by atomic mass is 16.4. The highest BCUT2D eigenvalue weighted by Gasteiger charge is 2.18. The second kappa shape index (κ2) is 4.13. The molecule has 23 heavy (non-hydrogen) atoms. The van der Waals surface area contributed by atoms with E-state index in [0.717, 1.165) is 27.2 Å². The van der Waals surface area contributed by atoms with Gasteiger partial charge in [0.25, 0.3) is 0 Å². The molecule has 5 rings (SSSR count). The summed E-state index contributed by atoms with van der Waals surface area (Å²) in [5, 5.41) is 15.0. The summed E-state index contributed by atoms with van der Waals surface area (Å²) in [4.78, 5) is 12.4. The van der Waals surface area contributed by atoms with E-state index in [1.807, 2.05) is 43.3 Å². The van der Waals surface area contributed by atoms with Gasteiger partial charge in [-0.1, -0.05) is 30.3 Å². The standard InChI is InChI=1S/C17H10N4O2/c1-9-5-4-8-12-14(9)21-16(18-19-20-21)13-10-6-2-3-7-11(10)17(22)23-15(12)13/h2-8H,1H3. The topological polar surface area (TPSA) is 73.3 Å². The van der Waals surface area contributed by atoms with Crippen LogP contribution >= 0.6 is 0 Å². The van der Waals surface area contributed by atoms with Crippen LogP contribution < -0.4 is 5.63 Å². The van der Waals surface area contributed by atoms with Crippen LogP contribution in [0.5, 0.6) is 0 Å². The van der Waals surface area contributed by atoms with Gasteiger partial charge in [0.1, 0.15) is 0 Å². The first kappa shape index (κ1) is 12.3. The molecule has 0 bridgehead atoms. The van der Waals surface area contributed by atoms with Gasteiger partial charge in [0.05, 0.1) is 16.3 Å². The van der Waals surface area contributed by atoms with Crippen LogP contribution in [-0.2, 0) is 0 Å². The van der Waals surface area contributed by atoms with Gasteiger partial charge in [-0.25, -0.2) is 4.79 Å². The Labute approximate surface area is 128 Å². The van der Waals surface area contributed by atoms with Crippen LogP contribution in [0.3, 0.4) is 0 Å². The predicted molar refractivity (Wildman–Crippen MR) is 86.6 cm³/mol. The highest BCUT2D eigenvalue weighted by Crippen LogP contribution is 2.32. The molecule has 0 radical (unpaired) electrons. The lowest BCUT2D eigenvalue weighted by atomic mass is 10.0. The van der Waals surface area contributed by atoms with Gasteiger partial charge in [-0.05, 0) is 35.0 Å². The summed E-state index contributed by atoms with van der Waals surface area (Å²) >= 11 is 0. The molecule has 0 unspecified atom stereocenters. The predicted octanol–water partition coefficient (Wildman–Crippen LogP) is 2.85. The molecule has 110 valence electrons. The van der Waals surface area contributed by atoms with Crippen molar-refractivity contribution in [2.75, 3.05) is 0 Å². The van der Waals surface area contributed by atoms with E-state index in [1.54, 1.807) is 10.6 Å². The minimum absolute atomic E-state index is 0.354. The zero-order chi connectivity index (χ0) is 15.6. The molecule has 0 aliphatic heterocycles. The quantitative estimate of drug-likeness (QED) is 0.411. The molecule has 6 nitrogen and oxygen atoms in total. The fourth-order valence-corrected chi connectivity index (χ4v) is 3.23. The first-order valence-corrected chi connectivity index (χ1v) is 7.20. The molecule has 0 amide bonds. The lowest BCUT2D eigenvalue weighted by Crippen LogP contribution is -2.03. The van der Waals surface area contributed by atoms with E-state index in [2.05, 4.69) is 15.5 Å². The van der Waals surface area contributed by atoms with Gasteiger partial charge >= 0.3 is 5.63 Å². The fraction of sp³-hybridized carbons (Fsp3) is 0.0588. The minimum atomic E-state index is -0.354. The van der Waals surface area contributed by atoms with Gasteiger partial charge in [-0.15, -0.1) is 5.10 Å². The Balaban J connectivity index is 2.28. The Hall–Kier alpha value is -3.28. The van der Waals surface area contributed by atoms with Gasteiger partial charge in [0.2, 0.25) is 0 Å². The number of nitrogens with zero attached hydrogens (tertiary/aromatic N) is 4. The van der Waals surface area contributed by atoms with E-state index >= 15 is 0 Å². The molecule has 5 aromatic rings. The molecule has 0 aliphatic carbocycles. The van der Waals surface area contributed by atoms with Gasteiger partial charge in [-0.3, -0.25) is 0 Å². The average molecular weight is 302 g/mol. The SMILES string of the molecule is Cc1cccc2c3oc(=O)c4ccccc4c3c3nnnn3c12. The normalized spacial score (nSPS) is 11.9. The summed E-state index contributed by atoms with van der Waals surface area (Å²) in [5.74, 6) is 0. The number of aromatic nitrogens is 4. The van der Waals surface area contributed by atoms with Crippen molar-refractivity contribution in [3.05, 3.63) is 58.4 Å². The monoisotopic (exact) mass is 302 g/mol. The number of tetrazole rings is 1. The highest BCUT2D eigenvalue weighted by molar-refractivity contribution is 6.18. The first-order valence-electron chi connectivity index (χ1n) is 7.20. The van der Waals surface area contributed by atoms with Crippen molar-refractivity contribution in [1.82, 2.24) is 20.0 Å². The second-order valence-corrected chi connectivity index (χ2v) is 5.52. The number of pyridine rings is 1. The second-order valence-electron chi connectivity index (χ2n) is 5.52. The molecule has 3 aromatic heterocycles. The summed E-state index contributed by atoms with van der Waals surface area (Å²) in [5.41, 5.74) is 2.61. The molecule has 0 aliphatic rings. The maximum absolute atomic E-state index is 12.4. The summed E-state index contributed by atoms with van der Waals surface area (Å²) in [6.45, 7) is 1.98. The van der Waals surface area contributed by atoms with Crippen molar-refractivity contribution in [2.45, 2.75) is 6.92 Å². The molecular weight excluding hydrogens is 292 g/mol. The third-order valence-electron chi connectivity index (χ3n) is 4.23. The van der Waals surface area contributed by atoms with Crippen molar-refractivity contribution in [3.63, 3.8) is 0 Å². The molecule has 0 atom stereocenters. The first-order chi connectivity index (χ1) is 11.3. The number of rotatable bonds is 0. The van der Waals surface area contributed by atoms with E-state index in [1.165, 1.54) is 0 Å². The number of para-hydroxylation sites is 1. The molecule has 0 N–H and O–H groups in total. The molecule has 0 spiro atoms. The zero-order valence-corrected chi connectivity index (χ0v) is 12.1. The molecule has 3 heterocycles. The lowest BCUT2D eigenvalue weighted by molar-refractivity contribution is 0.572. The average Bonchev–Trinajstić information content (AvgIpc) is 3.04. The fourth-order valence-electron chi connectivity index (χ4n) is 3.23. The molecule has 0 fully saturated rings. The molecule has 6 heteroatoms. The molecular formula is C17H10N4O2. The van der Waals surface area contributed by atoms with Crippen LogP contribution in [-0.4, -0.2) is 20.0 Å². The zero-order valence-electron chi connectivity index (χ0n) is 12.1. The molecule has 0 saturated carbocycles. The minimum Gasteiger partial charge on any atom is -0.421 e. The van der Waals surface area contributed by atoms with Crippen LogP contribution in [0.1, 0.15) is 5.56 Å². The third kappa shape index (κ3) is 1.47. The Morgan fingerprint density at radius 1 is 1.00 bits per heavy atom. The summed E-state index contributed by atoms with van der Waals surface area (Å²) in [6, 6.07) is 13.2. The van der Waals surface area contributed by atoms with Crippen molar-refractivity contribution in [2.24, 2.45) is 0 Å². The molecule has 0 saturated heterocycles. The van der Waals surface area contributed by atoms with Crippen LogP contribution in [0, 0.1) is 6.92 Å². The number of hydrogen-bond acceptors (Lipinski definition) is 5. The summed E-state index contributed by atoms with van der Waals surface area (Å²) in [6.07, 6.45) is 0. The van der Waals surface area contributed by atoms with Crippen LogP contribution in [0.25, 0.3) is 38.3 Å². The van der Waals surface area contributed by atoms with Crippen molar-refractivity contribution in [3.8, 4) is 0 Å². The van der Waals surface area contributed by atoms with Crippen molar-refractivity contribution in [1.29, 1.82) is 0 Å². The Morgan fingerprint density at radius 2 is 1.78 bits per heavy atom. The van der Waals surface area contributed by atoms with Crippen molar-refractivity contribution < 1.29 is 4.42 Å². The third-order valence-corrected chi connectivity index (χ3v) is 4.23. The number of aryl methyl sites for hydroxylation is 1. The Bertz CT molecular complexity index is 1300. The van der Waals surface area contributed by atoms with E-state index in [-0.39, 0.29) is 5.63 Å². The van der Waals surface area contributed by atoms with E-state index < -0.39 is 0 Å². The van der Waals surface area contributed by atoms with Crippen LogP contribution in [0.4, 0.5) is 0 Å². The molecule has 2 aromatic carbocycles. The largest absolute Gasteiger partial charge is 0.421 e. The maximum Gasteiger partial charge on any atom is 0.344 e. The number of hydrogen-bond donors (Lipinski definition) is 0. The Morgan fingerprint density at radius 3 is 2.65 bits per heavy atom. The van der Waals surface area contributed by atoms with Gasteiger partial charge < -0.3 is 4.42 Å². The summed E-state index contributed by atoms with van der Waals surface area (Å²) in [7, 11) is 0. The van der Waals surface area contributed by atoms with Crippen molar-refractivity contribution >= 4 is 38.3 Å².